The fourth-order valence-corrected chi connectivity index (χ4v) is 3.45. The fraction of sp³-hybridized carbons (Fsp3) is 0.130. The molecule has 7 heteroatoms. The van der Waals surface area contributed by atoms with E-state index in [1.54, 1.807) is 59.3 Å². The van der Waals surface area contributed by atoms with Crippen LogP contribution in [0.25, 0.3) is 22.4 Å². The lowest BCUT2D eigenvalue weighted by Gasteiger charge is -2.11. The van der Waals surface area contributed by atoms with Gasteiger partial charge in [-0.15, -0.1) is 0 Å². The molecular formula is C23H19ClN4O2. The summed E-state index contributed by atoms with van der Waals surface area (Å²) in [6, 6.07) is 15.8. The average molecular weight is 419 g/mol. The van der Waals surface area contributed by atoms with Crippen LogP contribution in [0.3, 0.4) is 0 Å². The van der Waals surface area contributed by atoms with E-state index < -0.39 is 0 Å². The summed E-state index contributed by atoms with van der Waals surface area (Å²) in [5.41, 5.74) is 3.89. The van der Waals surface area contributed by atoms with Gasteiger partial charge in [0.2, 0.25) is 0 Å². The van der Waals surface area contributed by atoms with Crippen LogP contribution in [0.15, 0.2) is 65.6 Å². The Morgan fingerprint density at radius 3 is 2.60 bits per heavy atom. The molecule has 0 bridgehead atoms. The average Bonchev–Trinajstić information content (AvgIpc) is 2.76. The van der Waals surface area contributed by atoms with E-state index in [0.717, 1.165) is 5.56 Å². The largest absolute Gasteiger partial charge is 0.322 e. The highest BCUT2D eigenvalue weighted by atomic mass is 35.5. The number of nitrogens with one attached hydrogen (secondary N) is 1. The zero-order valence-corrected chi connectivity index (χ0v) is 17.3. The van der Waals surface area contributed by atoms with Crippen molar-refractivity contribution in [2.75, 3.05) is 5.32 Å². The molecule has 0 spiro atoms. The summed E-state index contributed by atoms with van der Waals surface area (Å²) in [4.78, 5) is 34.3. The minimum Gasteiger partial charge on any atom is -0.322 e. The lowest BCUT2D eigenvalue weighted by molar-refractivity contribution is 0.102. The van der Waals surface area contributed by atoms with Crippen molar-refractivity contribution in [3.63, 3.8) is 0 Å². The lowest BCUT2D eigenvalue weighted by atomic mass is 10.1. The Bertz CT molecular complexity index is 1310. The van der Waals surface area contributed by atoms with Crippen molar-refractivity contribution in [2.24, 2.45) is 0 Å². The quantitative estimate of drug-likeness (QED) is 0.521. The molecular weight excluding hydrogens is 400 g/mol. The van der Waals surface area contributed by atoms with Crippen LogP contribution in [0.1, 0.15) is 22.8 Å². The Labute approximate surface area is 178 Å². The molecule has 2 aromatic carbocycles. The highest BCUT2D eigenvalue weighted by molar-refractivity contribution is 6.31. The van der Waals surface area contributed by atoms with Crippen LogP contribution in [0, 0.1) is 6.92 Å². The van der Waals surface area contributed by atoms with Crippen molar-refractivity contribution in [1.82, 2.24) is 14.5 Å². The summed E-state index contributed by atoms with van der Waals surface area (Å²) in [6.07, 6.45) is 1.64. The minimum absolute atomic E-state index is 0.213. The smallest absolute Gasteiger partial charge is 0.278 e. The number of halogens is 1. The molecule has 0 aliphatic heterocycles. The topological polar surface area (TPSA) is 76.9 Å². The van der Waals surface area contributed by atoms with Gasteiger partial charge in [-0.25, -0.2) is 9.97 Å². The Balaban J connectivity index is 1.67. The molecule has 0 aliphatic carbocycles. The predicted octanol–water partition coefficient (Wildman–Crippen LogP) is 4.69. The molecule has 1 amide bonds. The molecule has 0 aliphatic rings. The van der Waals surface area contributed by atoms with E-state index in [1.807, 2.05) is 19.9 Å². The highest BCUT2D eigenvalue weighted by Gasteiger charge is 2.14. The molecule has 0 fully saturated rings. The van der Waals surface area contributed by atoms with E-state index in [4.69, 9.17) is 11.6 Å². The van der Waals surface area contributed by atoms with Crippen molar-refractivity contribution in [2.45, 2.75) is 20.4 Å². The molecule has 0 radical (unpaired) electrons. The molecule has 0 saturated carbocycles. The van der Waals surface area contributed by atoms with Crippen LogP contribution in [-0.2, 0) is 6.54 Å². The van der Waals surface area contributed by atoms with Gasteiger partial charge in [-0.2, -0.15) is 0 Å². The van der Waals surface area contributed by atoms with Crippen molar-refractivity contribution in [1.29, 1.82) is 0 Å². The van der Waals surface area contributed by atoms with Gasteiger partial charge < -0.3 is 5.32 Å². The van der Waals surface area contributed by atoms with E-state index in [2.05, 4.69) is 15.3 Å². The molecule has 30 heavy (non-hydrogen) atoms. The van der Waals surface area contributed by atoms with Gasteiger partial charge >= 0.3 is 0 Å². The number of hydrogen-bond acceptors (Lipinski definition) is 4. The van der Waals surface area contributed by atoms with Gasteiger partial charge in [0.25, 0.3) is 11.5 Å². The van der Waals surface area contributed by atoms with Gasteiger partial charge in [0, 0.05) is 34.6 Å². The second kappa shape index (κ2) is 8.08. The molecule has 1 N–H and O–H groups in total. The maximum Gasteiger partial charge on any atom is 0.278 e. The van der Waals surface area contributed by atoms with Crippen LogP contribution >= 0.6 is 11.6 Å². The Morgan fingerprint density at radius 2 is 1.87 bits per heavy atom. The standard InChI is InChI=1S/C23H19ClN4O2/c1-3-28-21-19(8-5-13-25-21)26-20(23(28)30)15-9-11-16(12-10-15)22(29)27-18-7-4-6-17(24)14(18)2/h4-13H,3H2,1-2H3,(H,27,29). The number of carbonyl (C=O) groups excluding carboxylic acids is 1. The van der Waals surface area contributed by atoms with Gasteiger partial charge in [-0.3, -0.25) is 14.2 Å². The van der Waals surface area contributed by atoms with Crippen LogP contribution < -0.4 is 10.9 Å². The van der Waals surface area contributed by atoms with Gasteiger partial charge in [0.05, 0.1) is 0 Å². The molecule has 6 nitrogen and oxygen atoms in total. The highest BCUT2D eigenvalue weighted by Crippen LogP contribution is 2.24. The number of amides is 1. The number of anilines is 1. The Kier molecular flexibility index (Phi) is 5.33. The summed E-state index contributed by atoms with van der Waals surface area (Å²) >= 11 is 6.12. The minimum atomic E-state index is -0.256. The first-order valence-corrected chi connectivity index (χ1v) is 9.90. The monoisotopic (exact) mass is 418 g/mol. The van der Waals surface area contributed by atoms with Crippen LogP contribution in [-0.4, -0.2) is 20.4 Å². The third-order valence-corrected chi connectivity index (χ3v) is 5.36. The summed E-state index contributed by atoms with van der Waals surface area (Å²) in [6.45, 7) is 4.23. The maximum atomic E-state index is 12.9. The Hall–Kier alpha value is -3.51. The number of fused-ring (bicyclic) bond motifs is 1. The van der Waals surface area contributed by atoms with Gasteiger partial charge in [0.1, 0.15) is 11.2 Å². The van der Waals surface area contributed by atoms with Crippen LogP contribution in [0.4, 0.5) is 5.69 Å². The van der Waals surface area contributed by atoms with Crippen molar-refractivity contribution in [3.8, 4) is 11.3 Å². The van der Waals surface area contributed by atoms with E-state index in [-0.39, 0.29) is 11.5 Å². The van der Waals surface area contributed by atoms with Crippen molar-refractivity contribution < 1.29 is 4.79 Å². The summed E-state index contributed by atoms with van der Waals surface area (Å²) < 4.78 is 1.60. The molecule has 150 valence electrons. The summed E-state index contributed by atoms with van der Waals surface area (Å²) in [7, 11) is 0. The van der Waals surface area contributed by atoms with Crippen molar-refractivity contribution in [3.05, 3.63) is 87.3 Å². The zero-order valence-electron chi connectivity index (χ0n) is 16.5. The number of carbonyl (C=O) groups is 1. The molecule has 0 saturated heterocycles. The zero-order chi connectivity index (χ0) is 21.3. The van der Waals surface area contributed by atoms with E-state index >= 15 is 0 Å². The third kappa shape index (κ3) is 3.57. The number of benzene rings is 2. The number of aryl methyl sites for hydroxylation is 1. The molecule has 4 aromatic rings. The molecule has 2 aromatic heterocycles. The predicted molar refractivity (Wildman–Crippen MR) is 119 cm³/mol. The molecule has 2 heterocycles. The second-order valence-electron chi connectivity index (χ2n) is 6.80. The van der Waals surface area contributed by atoms with Crippen molar-refractivity contribution >= 4 is 34.4 Å². The Morgan fingerprint density at radius 1 is 1.10 bits per heavy atom. The lowest BCUT2D eigenvalue weighted by Crippen LogP contribution is -2.23. The second-order valence-corrected chi connectivity index (χ2v) is 7.21. The van der Waals surface area contributed by atoms with Gasteiger partial charge in [-0.1, -0.05) is 29.8 Å². The van der Waals surface area contributed by atoms with E-state index in [0.29, 0.717) is 45.2 Å². The fourth-order valence-electron chi connectivity index (χ4n) is 3.27. The normalized spacial score (nSPS) is 10.9. The summed E-state index contributed by atoms with van der Waals surface area (Å²) in [5, 5.41) is 3.46. The number of nitrogens with zero attached hydrogens (tertiary/aromatic N) is 3. The number of pyridine rings is 1. The summed E-state index contributed by atoms with van der Waals surface area (Å²) in [5.74, 6) is -0.256. The molecule has 0 unspecified atom stereocenters. The van der Waals surface area contributed by atoms with E-state index in [9.17, 15) is 9.59 Å². The first kappa shape index (κ1) is 19.8. The van der Waals surface area contributed by atoms with Gasteiger partial charge in [-0.05, 0) is 55.8 Å². The molecule has 4 rings (SSSR count). The van der Waals surface area contributed by atoms with Crippen LogP contribution in [0.5, 0.6) is 0 Å². The molecule has 0 atom stereocenters. The number of rotatable bonds is 4. The van der Waals surface area contributed by atoms with Gasteiger partial charge in [0.15, 0.2) is 5.65 Å². The first-order valence-electron chi connectivity index (χ1n) is 9.52. The SMILES string of the molecule is CCn1c(=O)c(-c2ccc(C(=O)Nc3cccc(Cl)c3C)cc2)nc2cccnc21. The van der Waals surface area contributed by atoms with E-state index in [1.165, 1.54) is 0 Å². The first-order chi connectivity index (χ1) is 14.5. The van der Waals surface area contributed by atoms with Crippen LogP contribution in [0.2, 0.25) is 5.02 Å². The third-order valence-electron chi connectivity index (χ3n) is 4.95. The number of hydrogen-bond donors (Lipinski definition) is 1. The number of aromatic nitrogens is 3. The maximum absolute atomic E-state index is 12.9.